The molecule has 0 aromatic heterocycles. The van der Waals surface area contributed by atoms with Crippen LogP contribution in [0, 0.1) is 5.41 Å². The van der Waals surface area contributed by atoms with E-state index in [1.54, 1.807) is 0 Å². The van der Waals surface area contributed by atoms with Gasteiger partial charge in [-0.3, -0.25) is 0 Å². The van der Waals surface area contributed by atoms with Crippen molar-refractivity contribution < 1.29 is 0 Å². The molecule has 0 saturated carbocycles. The summed E-state index contributed by atoms with van der Waals surface area (Å²) in [6.07, 6.45) is 3.96. The molecular weight excluding hydrogens is 232 g/mol. The Morgan fingerprint density at radius 2 is 1.95 bits per heavy atom. The van der Waals surface area contributed by atoms with E-state index in [1.807, 2.05) is 12.1 Å². The van der Waals surface area contributed by atoms with E-state index in [0.717, 1.165) is 5.69 Å². The van der Waals surface area contributed by atoms with Crippen LogP contribution in [0.25, 0.3) is 0 Å². The minimum absolute atomic E-state index is 0.503. The summed E-state index contributed by atoms with van der Waals surface area (Å²) in [4.78, 5) is 2.64. The molecule has 19 heavy (non-hydrogen) atoms. The third kappa shape index (κ3) is 4.24. The largest absolute Gasteiger partial charge is 0.399 e. The van der Waals surface area contributed by atoms with Gasteiger partial charge in [0.1, 0.15) is 0 Å². The predicted octanol–water partition coefficient (Wildman–Crippen LogP) is 3.88. The second kappa shape index (κ2) is 5.96. The first kappa shape index (κ1) is 14.4. The summed E-state index contributed by atoms with van der Waals surface area (Å²) in [7, 11) is 0. The smallest absolute Gasteiger partial charge is 0.0314 e. The van der Waals surface area contributed by atoms with Crippen molar-refractivity contribution in [3.8, 4) is 0 Å². The van der Waals surface area contributed by atoms with Crippen molar-refractivity contribution in [1.29, 1.82) is 0 Å². The Bertz CT molecular complexity index is 394. The lowest BCUT2D eigenvalue weighted by Gasteiger charge is -2.38. The molecule has 2 nitrogen and oxygen atoms in total. The minimum Gasteiger partial charge on any atom is -0.399 e. The number of hydrogen-bond donors (Lipinski definition) is 1. The predicted molar refractivity (Wildman–Crippen MR) is 83.3 cm³/mol. The molecule has 106 valence electrons. The Labute approximate surface area is 118 Å². The molecule has 2 heteroatoms. The van der Waals surface area contributed by atoms with Crippen molar-refractivity contribution in [2.45, 2.75) is 46.0 Å². The van der Waals surface area contributed by atoms with Gasteiger partial charge in [-0.1, -0.05) is 32.9 Å². The van der Waals surface area contributed by atoms with E-state index in [2.05, 4.69) is 37.8 Å². The van der Waals surface area contributed by atoms with E-state index in [0.29, 0.717) is 11.3 Å². The first-order chi connectivity index (χ1) is 8.96. The van der Waals surface area contributed by atoms with Gasteiger partial charge < -0.3 is 10.6 Å². The van der Waals surface area contributed by atoms with Gasteiger partial charge in [-0.2, -0.15) is 0 Å². The molecule has 2 rings (SSSR count). The Morgan fingerprint density at radius 3 is 2.58 bits per heavy atom. The molecule has 1 fully saturated rings. The number of nitrogen functional groups attached to an aromatic ring is 1. The average molecular weight is 260 g/mol. The third-order valence-electron chi connectivity index (χ3n) is 4.36. The van der Waals surface area contributed by atoms with E-state index in [-0.39, 0.29) is 0 Å². The fourth-order valence-electron chi connectivity index (χ4n) is 3.10. The van der Waals surface area contributed by atoms with Gasteiger partial charge in [0.2, 0.25) is 0 Å². The van der Waals surface area contributed by atoms with Crippen LogP contribution in [-0.4, -0.2) is 24.5 Å². The lowest BCUT2D eigenvalue weighted by Crippen LogP contribution is -2.40. The van der Waals surface area contributed by atoms with E-state index in [9.17, 15) is 0 Å². The molecule has 1 heterocycles. The number of piperidine rings is 1. The highest BCUT2D eigenvalue weighted by molar-refractivity contribution is 5.40. The van der Waals surface area contributed by atoms with Crippen LogP contribution in [0.5, 0.6) is 0 Å². The summed E-state index contributed by atoms with van der Waals surface area (Å²) in [5.74, 6) is 0.616. The van der Waals surface area contributed by atoms with Crippen molar-refractivity contribution >= 4 is 5.69 Å². The highest BCUT2D eigenvalue weighted by atomic mass is 15.1. The third-order valence-corrected chi connectivity index (χ3v) is 4.36. The lowest BCUT2D eigenvalue weighted by molar-refractivity contribution is 0.115. The van der Waals surface area contributed by atoms with E-state index >= 15 is 0 Å². The standard InChI is InChI=1S/C17H28N2/c1-14(15-5-7-16(18)8-6-15)9-12-19-11-4-10-17(2,3)13-19/h5-8,14H,4,9-13,18H2,1-3H3. The first-order valence-electron chi connectivity index (χ1n) is 7.54. The van der Waals surface area contributed by atoms with Crippen LogP contribution >= 0.6 is 0 Å². The maximum absolute atomic E-state index is 5.74. The molecular formula is C17H28N2. The number of nitrogens with zero attached hydrogens (tertiary/aromatic N) is 1. The highest BCUT2D eigenvalue weighted by Gasteiger charge is 2.26. The molecule has 0 amide bonds. The zero-order valence-corrected chi connectivity index (χ0v) is 12.7. The number of hydrogen-bond acceptors (Lipinski definition) is 2. The molecule has 1 aromatic carbocycles. The van der Waals surface area contributed by atoms with Gasteiger partial charge >= 0.3 is 0 Å². The lowest BCUT2D eigenvalue weighted by atomic mass is 9.84. The Kier molecular flexibility index (Phi) is 4.51. The number of anilines is 1. The second-order valence-corrected chi connectivity index (χ2v) is 6.90. The average Bonchev–Trinajstić information content (AvgIpc) is 2.36. The molecule has 1 aromatic rings. The summed E-state index contributed by atoms with van der Waals surface area (Å²) in [5.41, 5.74) is 8.51. The van der Waals surface area contributed by atoms with E-state index < -0.39 is 0 Å². The fraction of sp³-hybridized carbons (Fsp3) is 0.647. The maximum Gasteiger partial charge on any atom is 0.0314 e. The van der Waals surface area contributed by atoms with Gasteiger partial charge in [0.05, 0.1) is 0 Å². The zero-order valence-electron chi connectivity index (χ0n) is 12.7. The Morgan fingerprint density at radius 1 is 1.26 bits per heavy atom. The topological polar surface area (TPSA) is 29.3 Å². The number of nitrogens with two attached hydrogens (primary N) is 1. The van der Waals surface area contributed by atoms with Crippen LogP contribution in [0.15, 0.2) is 24.3 Å². The van der Waals surface area contributed by atoms with Gasteiger partial charge in [0, 0.05) is 12.2 Å². The summed E-state index contributed by atoms with van der Waals surface area (Å²) >= 11 is 0. The maximum atomic E-state index is 5.74. The molecule has 0 radical (unpaired) electrons. The van der Waals surface area contributed by atoms with Crippen LogP contribution in [0.4, 0.5) is 5.69 Å². The van der Waals surface area contributed by atoms with Crippen molar-refractivity contribution in [3.05, 3.63) is 29.8 Å². The van der Waals surface area contributed by atoms with Crippen molar-refractivity contribution in [2.24, 2.45) is 5.41 Å². The summed E-state index contributed by atoms with van der Waals surface area (Å²) < 4.78 is 0. The molecule has 0 aliphatic carbocycles. The second-order valence-electron chi connectivity index (χ2n) is 6.90. The van der Waals surface area contributed by atoms with Crippen molar-refractivity contribution in [2.75, 3.05) is 25.4 Å². The number of benzene rings is 1. The molecule has 0 spiro atoms. The monoisotopic (exact) mass is 260 g/mol. The fourth-order valence-corrected chi connectivity index (χ4v) is 3.10. The van der Waals surface area contributed by atoms with Gasteiger partial charge in [0.25, 0.3) is 0 Å². The summed E-state index contributed by atoms with van der Waals surface area (Å²) in [6, 6.07) is 8.35. The molecule has 1 unspecified atom stereocenters. The van der Waals surface area contributed by atoms with Crippen LogP contribution in [0.2, 0.25) is 0 Å². The molecule has 1 atom stereocenters. The van der Waals surface area contributed by atoms with E-state index in [4.69, 9.17) is 5.73 Å². The first-order valence-corrected chi connectivity index (χ1v) is 7.54. The van der Waals surface area contributed by atoms with Gasteiger partial charge in [-0.05, 0) is 61.4 Å². The van der Waals surface area contributed by atoms with Gasteiger partial charge in [-0.25, -0.2) is 0 Å². The normalized spacial score (nSPS) is 21.2. The van der Waals surface area contributed by atoms with Gasteiger partial charge in [-0.15, -0.1) is 0 Å². The van der Waals surface area contributed by atoms with Crippen LogP contribution in [0.1, 0.15) is 51.5 Å². The van der Waals surface area contributed by atoms with Crippen molar-refractivity contribution in [1.82, 2.24) is 4.90 Å². The van der Waals surface area contributed by atoms with E-state index in [1.165, 1.54) is 44.5 Å². The molecule has 0 bridgehead atoms. The minimum atomic E-state index is 0.503. The van der Waals surface area contributed by atoms with Gasteiger partial charge in [0.15, 0.2) is 0 Å². The number of rotatable bonds is 4. The van der Waals surface area contributed by atoms with Crippen LogP contribution in [-0.2, 0) is 0 Å². The molecule has 1 saturated heterocycles. The van der Waals surface area contributed by atoms with Crippen molar-refractivity contribution in [3.63, 3.8) is 0 Å². The SMILES string of the molecule is CC(CCN1CCCC(C)(C)C1)c1ccc(N)cc1. The highest BCUT2D eigenvalue weighted by Crippen LogP contribution is 2.29. The quantitative estimate of drug-likeness (QED) is 0.832. The zero-order chi connectivity index (χ0) is 13.9. The summed E-state index contributed by atoms with van der Waals surface area (Å²) in [5, 5.41) is 0. The number of likely N-dealkylation sites (tertiary alicyclic amines) is 1. The molecule has 2 N–H and O–H groups in total. The molecule has 1 aliphatic rings. The van der Waals surface area contributed by atoms with Crippen LogP contribution in [0.3, 0.4) is 0 Å². The Hall–Kier alpha value is -1.02. The Balaban J connectivity index is 1.83. The molecule has 1 aliphatic heterocycles. The summed E-state index contributed by atoms with van der Waals surface area (Å²) in [6.45, 7) is 10.8. The van der Waals surface area contributed by atoms with Crippen LogP contribution < -0.4 is 5.73 Å².